The highest BCUT2D eigenvalue weighted by molar-refractivity contribution is 14.0. The van der Waals surface area contributed by atoms with Crippen molar-refractivity contribution in [1.29, 1.82) is 0 Å². The third-order valence-corrected chi connectivity index (χ3v) is 5.18. The number of hydrogen-bond donors (Lipinski definition) is 3. The van der Waals surface area contributed by atoms with Crippen molar-refractivity contribution in [2.45, 2.75) is 32.2 Å². The lowest BCUT2D eigenvalue weighted by atomic mass is 10.1. The van der Waals surface area contributed by atoms with Gasteiger partial charge in [0.05, 0.1) is 6.26 Å². The molecule has 4 heterocycles. The topological polar surface area (TPSA) is 107 Å². The SMILES string of the molecule is CN=C(NCCc1nc(-c2ccco2)n[nH]1)NC1CCN(c2cccc(C)n2)CC1.I. The monoisotopic (exact) mass is 536 g/mol. The first-order valence-corrected chi connectivity index (χ1v) is 10.3. The third kappa shape index (κ3) is 6.18. The van der Waals surface area contributed by atoms with Gasteiger partial charge in [0.15, 0.2) is 11.7 Å². The number of nitrogens with zero attached hydrogens (tertiary/aromatic N) is 5. The summed E-state index contributed by atoms with van der Waals surface area (Å²) in [6.45, 7) is 4.71. The fraction of sp³-hybridized carbons (Fsp3) is 0.429. The van der Waals surface area contributed by atoms with E-state index in [2.05, 4.69) is 52.8 Å². The van der Waals surface area contributed by atoms with Gasteiger partial charge in [-0.05, 0) is 44.0 Å². The highest BCUT2D eigenvalue weighted by Gasteiger charge is 2.21. The zero-order chi connectivity index (χ0) is 20.8. The summed E-state index contributed by atoms with van der Waals surface area (Å²) in [5.41, 5.74) is 1.06. The summed E-state index contributed by atoms with van der Waals surface area (Å²) in [6.07, 6.45) is 4.42. The summed E-state index contributed by atoms with van der Waals surface area (Å²) in [7, 11) is 1.80. The molecular weight excluding hydrogens is 507 g/mol. The molecule has 166 valence electrons. The van der Waals surface area contributed by atoms with E-state index in [9.17, 15) is 0 Å². The van der Waals surface area contributed by atoms with E-state index >= 15 is 0 Å². The molecule has 1 aliphatic heterocycles. The van der Waals surface area contributed by atoms with Crippen LogP contribution in [0.25, 0.3) is 11.6 Å². The Morgan fingerprint density at radius 1 is 1.23 bits per heavy atom. The van der Waals surface area contributed by atoms with Crippen molar-refractivity contribution >= 4 is 35.8 Å². The second kappa shape index (κ2) is 11.1. The molecule has 3 N–H and O–H groups in total. The number of H-pyrrole nitrogens is 1. The van der Waals surface area contributed by atoms with Crippen molar-refractivity contribution < 1.29 is 4.42 Å². The predicted molar refractivity (Wildman–Crippen MR) is 132 cm³/mol. The van der Waals surface area contributed by atoms with Crippen LogP contribution in [0.2, 0.25) is 0 Å². The van der Waals surface area contributed by atoms with Gasteiger partial charge >= 0.3 is 0 Å². The molecule has 1 saturated heterocycles. The van der Waals surface area contributed by atoms with Crippen LogP contribution in [0.5, 0.6) is 0 Å². The van der Waals surface area contributed by atoms with E-state index in [1.54, 1.807) is 13.3 Å². The lowest BCUT2D eigenvalue weighted by molar-refractivity contribution is 0.459. The Labute approximate surface area is 199 Å². The van der Waals surface area contributed by atoms with Crippen LogP contribution in [0.3, 0.4) is 0 Å². The van der Waals surface area contributed by atoms with E-state index in [0.29, 0.717) is 30.6 Å². The summed E-state index contributed by atoms with van der Waals surface area (Å²) >= 11 is 0. The number of anilines is 1. The maximum Gasteiger partial charge on any atom is 0.216 e. The summed E-state index contributed by atoms with van der Waals surface area (Å²) in [5.74, 6) is 3.93. The number of hydrogen-bond acceptors (Lipinski definition) is 6. The van der Waals surface area contributed by atoms with Gasteiger partial charge in [0, 0.05) is 44.8 Å². The molecule has 4 rings (SSSR count). The van der Waals surface area contributed by atoms with Gasteiger partial charge in [-0.3, -0.25) is 10.1 Å². The Morgan fingerprint density at radius 3 is 2.77 bits per heavy atom. The average Bonchev–Trinajstić information content (AvgIpc) is 3.45. The van der Waals surface area contributed by atoms with E-state index in [0.717, 1.165) is 49.2 Å². The number of rotatable bonds is 6. The number of aryl methyl sites for hydroxylation is 1. The highest BCUT2D eigenvalue weighted by Crippen LogP contribution is 2.18. The largest absolute Gasteiger partial charge is 0.461 e. The Kier molecular flexibility index (Phi) is 8.27. The van der Waals surface area contributed by atoms with Gasteiger partial charge in [-0.2, -0.15) is 5.10 Å². The first kappa shape index (κ1) is 23.0. The number of guanidine groups is 1. The molecular formula is C21H29IN8O. The molecule has 10 heteroatoms. The number of aromatic amines is 1. The van der Waals surface area contributed by atoms with Crippen LogP contribution in [0.15, 0.2) is 46.0 Å². The minimum Gasteiger partial charge on any atom is -0.461 e. The van der Waals surface area contributed by atoms with Crippen molar-refractivity contribution in [3.63, 3.8) is 0 Å². The summed E-state index contributed by atoms with van der Waals surface area (Å²) in [4.78, 5) is 15.8. The third-order valence-electron chi connectivity index (χ3n) is 5.18. The standard InChI is InChI=1S/C21H28N8O.HI/c1-15-5-3-7-19(24-15)29-12-9-16(10-13-29)25-21(22-2)23-11-8-18-26-20(28-27-18)17-6-4-14-30-17;/h3-7,14,16H,8-13H2,1-2H3,(H2,22,23,25)(H,26,27,28);1H. The zero-order valence-electron chi connectivity index (χ0n) is 17.8. The minimum atomic E-state index is 0. The number of aliphatic imine (C=N–C) groups is 1. The van der Waals surface area contributed by atoms with E-state index in [1.165, 1.54) is 0 Å². The molecule has 1 aliphatic rings. The van der Waals surface area contributed by atoms with Crippen molar-refractivity contribution in [2.75, 3.05) is 31.6 Å². The van der Waals surface area contributed by atoms with Gasteiger partial charge in [0.2, 0.25) is 5.82 Å². The number of aromatic nitrogens is 4. The second-order valence-electron chi connectivity index (χ2n) is 7.37. The molecule has 1 fully saturated rings. The molecule has 0 unspecified atom stereocenters. The van der Waals surface area contributed by atoms with Crippen LogP contribution in [-0.4, -0.2) is 58.8 Å². The quantitative estimate of drug-likeness (QED) is 0.253. The Hall–Kier alpha value is -2.63. The van der Waals surface area contributed by atoms with Crippen molar-refractivity contribution in [3.8, 4) is 11.6 Å². The maximum absolute atomic E-state index is 5.32. The van der Waals surface area contributed by atoms with Gasteiger partial charge < -0.3 is 20.0 Å². The first-order chi connectivity index (χ1) is 14.7. The first-order valence-electron chi connectivity index (χ1n) is 10.3. The van der Waals surface area contributed by atoms with Gasteiger partial charge in [-0.25, -0.2) is 9.97 Å². The molecule has 0 aliphatic carbocycles. The molecule has 0 saturated carbocycles. The van der Waals surface area contributed by atoms with Crippen molar-refractivity contribution in [3.05, 3.63) is 48.1 Å². The lowest BCUT2D eigenvalue weighted by Crippen LogP contribution is -2.49. The number of piperidine rings is 1. The number of pyridine rings is 1. The van der Waals surface area contributed by atoms with E-state index in [-0.39, 0.29) is 24.0 Å². The van der Waals surface area contributed by atoms with Crippen molar-refractivity contribution in [1.82, 2.24) is 30.8 Å². The predicted octanol–water partition coefficient (Wildman–Crippen LogP) is 2.76. The average molecular weight is 536 g/mol. The molecule has 3 aromatic heterocycles. The molecule has 9 nitrogen and oxygen atoms in total. The van der Waals surface area contributed by atoms with Crippen LogP contribution in [-0.2, 0) is 6.42 Å². The van der Waals surface area contributed by atoms with Gasteiger partial charge in [-0.15, -0.1) is 24.0 Å². The lowest BCUT2D eigenvalue weighted by Gasteiger charge is -2.34. The smallest absolute Gasteiger partial charge is 0.216 e. The maximum atomic E-state index is 5.32. The van der Waals surface area contributed by atoms with Crippen molar-refractivity contribution in [2.24, 2.45) is 4.99 Å². The molecule has 31 heavy (non-hydrogen) atoms. The molecule has 0 bridgehead atoms. The van der Waals surface area contributed by atoms with Crippen LogP contribution in [0, 0.1) is 6.92 Å². The van der Waals surface area contributed by atoms with E-state index in [1.807, 2.05) is 25.1 Å². The van der Waals surface area contributed by atoms with Crippen LogP contribution in [0.1, 0.15) is 24.4 Å². The second-order valence-corrected chi connectivity index (χ2v) is 7.37. The van der Waals surface area contributed by atoms with Crippen LogP contribution in [0.4, 0.5) is 5.82 Å². The number of nitrogens with one attached hydrogen (secondary N) is 3. The van der Waals surface area contributed by atoms with Gasteiger partial charge in [0.25, 0.3) is 0 Å². The molecule has 0 amide bonds. The minimum absolute atomic E-state index is 0. The summed E-state index contributed by atoms with van der Waals surface area (Å²) in [5, 5.41) is 14.0. The number of halogens is 1. The molecule has 3 aromatic rings. The molecule has 0 spiro atoms. The van der Waals surface area contributed by atoms with Crippen LogP contribution >= 0.6 is 24.0 Å². The molecule has 0 atom stereocenters. The number of furan rings is 1. The molecule has 0 radical (unpaired) electrons. The summed E-state index contributed by atoms with van der Waals surface area (Å²) in [6, 6.07) is 10.3. The Morgan fingerprint density at radius 2 is 2.06 bits per heavy atom. The van der Waals surface area contributed by atoms with Gasteiger partial charge in [-0.1, -0.05) is 6.07 Å². The van der Waals surface area contributed by atoms with E-state index < -0.39 is 0 Å². The normalized spacial score (nSPS) is 14.9. The fourth-order valence-electron chi connectivity index (χ4n) is 3.57. The Balaban J connectivity index is 0.00000272. The highest BCUT2D eigenvalue weighted by atomic mass is 127. The fourth-order valence-corrected chi connectivity index (χ4v) is 3.57. The van der Waals surface area contributed by atoms with Crippen LogP contribution < -0.4 is 15.5 Å². The Bertz CT molecular complexity index is 963. The van der Waals surface area contributed by atoms with E-state index in [4.69, 9.17) is 4.42 Å². The molecule has 0 aromatic carbocycles. The van der Waals surface area contributed by atoms with Gasteiger partial charge in [0.1, 0.15) is 11.6 Å². The zero-order valence-corrected chi connectivity index (χ0v) is 20.2. The summed E-state index contributed by atoms with van der Waals surface area (Å²) < 4.78 is 5.32.